The topological polar surface area (TPSA) is 117 Å². The fraction of sp³-hybridized carbons (Fsp3) is 0.333. The molecule has 4 heterocycles. The molecule has 2 fully saturated rings. The molecule has 0 saturated carbocycles. The van der Waals surface area contributed by atoms with E-state index in [0.29, 0.717) is 49.3 Å². The van der Waals surface area contributed by atoms with Gasteiger partial charge in [-0.05, 0) is 18.2 Å². The van der Waals surface area contributed by atoms with E-state index in [-0.39, 0.29) is 24.5 Å². The Kier molecular flexibility index (Phi) is 5.65. The van der Waals surface area contributed by atoms with Gasteiger partial charge in [-0.2, -0.15) is 5.10 Å². The van der Waals surface area contributed by atoms with Crippen molar-refractivity contribution in [3.8, 4) is 0 Å². The van der Waals surface area contributed by atoms with Crippen LogP contribution >= 0.6 is 0 Å². The van der Waals surface area contributed by atoms with Gasteiger partial charge >= 0.3 is 0 Å². The Labute approximate surface area is 183 Å². The van der Waals surface area contributed by atoms with E-state index in [0.717, 1.165) is 5.82 Å². The van der Waals surface area contributed by atoms with E-state index in [1.165, 1.54) is 24.5 Å². The minimum atomic E-state index is -0.409. The summed E-state index contributed by atoms with van der Waals surface area (Å²) < 4.78 is 24.8. The smallest absolute Gasteiger partial charge is 0.230 e. The lowest BCUT2D eigenvalue weighted by Gasteiger charge is -2.24. The lowest BCUT2D eigenvalue weighted by molar-refractivity contribution is -0.116. The number of hydrogen-bond acceptors (Lipinski definition) is 8. The molecule has 2 aliphatic rings. The van der Waals surface area contributed by atoms with E-state index in [2.05, 4.69) is 35.7 Å². The molecule has 5 rings (SSSR count). The van der Waals surface area contributed by atoms with E-state index in [1.54, 1.807) is 12.1 Å². The molecule has 1 aromatic carbocycles. The highest BCUT2D eigenvalue weighted by Gasteiger charge is 2.37. The SMILES string of the molecule is O=C(Cc1cc(Nc2cc(N3CC4OCCOC4C3)ncn2)n[nH]1)Nc1cccc(F)c1. The fourth-order valence-corrected chi connectivity index (χ4v) is 3.83. The number of fused-ring (bicyclic) bond motifs is 1. The molecule has 2 unspecified atom stereocenters. The van der Waals surface area contributed by atoms with Crippen molar-refractivity contribution in [1.29, 1.82) is 0 Å². The molecule has 2 aromatic heterocycles. The molecule has 0 aliphatic carbocycles. The number of H-pyrrole nitrogens is 1. The number of ether oxygens (including phenoxy) is 2. The van der Waals surface area contributed by atoms with Gasteiger partial charge in [0, 0.05) is 36.6 Å². The van der Waals surface area contributed by atoms with Crippen molar-refractivity contribution in [2.75, 3.05) is 41.8 Å². The van der Waals surface area contributed by atoms with Gasteiger partial charge in [0.1, 0.15) is 36.0 Å². The van der Waals surface area contributed by atoms with Crippen molar-refractivity contribution in [2.24, 2.45) is 0 Å². The first-order valence-corrected chi connectivity index (χ1v) is 10.3. The predicted octanol–water partition coefficient (Wildman–Crippen LogP) is 1.87. The number of carbonyl (C=O) groups excluding carboxylic acids is 1. The van der Waals surface area contributed by atoms with Gasteiger partial charge in [-0.3, -0.25) is 9.89 Å². The van der Waals surface area contributed by atoms with Gasteiger partial charge in [0.25, 0.3) is 0 Å². The van der Waals surface area contributed by atoms with Gasteiger partial charge in [-0.1, -0.05) is 6.07 Å². The van der Waals surface area contributed by atoms with Gasteiger partial charge < -0.3 is 25.0 Å². The van der Waals surface area contributed by atoms with Crippen LogP contribution in [0.4, 0.5) is 27.5 Å². The van der Waals surface area contributed by atoms with Crippen molar-refractivity contribution in [1.82, 2.24) is 20.2 Å². The molecule has 3 aromatic rings. The lowest BCUT2D eigenvalue weighted by Crippen LogP contribution is -2.36. The van der Waals surface area contributed by atoms with Crippen LogP contribution in [0.5, 0.6) is 0 Å². The van der Waals surface area contributed by atoms with Crippen LogP contribution in [0.1, 0.15) is 5.69 Å². The Morgan fingerprint density at radius 3 is 2.72 bits per heavy atom. The summed E-state index contributed by atoms with van der Waals surface area (Å²) in [4.78, 5) is 22.9. The maximum absolute atomic E-state index is 13.3. The predicted molar refractivity (Wildman–Crippen MR) is 114 cm³/mol. The summed E-state index contributed by atoms with van der Waals surface area (Å²) in [5, 5.41) is 12.8. The van der Waals surface area contributed by atoms with E-state index >= 15 is 0 Å². The summed E-state index contributed by atoms with van der Waals surface area (Å²) in [7, 11) is 0. The van der Waals surface area contributed by atoms with Crippen LogP contribution in [0.25, 0.3) is 0 Å². The average molecular weight is 439 g/mol. The first kappa shape index (κ1) is 20.3. The summed E-state index contributed by atoms with van der Waals surface area (Å²) in [6.07, 6.45) is 1.67. The van der Waals surface area contributed by atoms with E-state index in [9.17, 15) is 9.18 Å². The fourth-order valence-electron chi connectivity index (χ4n) is 3.83. The highest BCUT2D eigenvalue weighted by atomic mass is 19.1. The summed E-state index contributed by atoms with van der Waals surface area (Å²) >= 11 is 0. The molecule has 2 atom stereocenters. The molecular weight excluding hydrogens is 417 g/mol. The summed E-state index contributed by atoms with van der Waals surface area (Å²) in [6, 6.07) is 9.30. The number of nitrogens with zero attached hydrogens (tertiary/aromatic N) is 4. The molecule has 0 bridgehead atoms. The highest BCUT2D eigenvalue weighted by Crippen LogP contribution is 2.26. The zero-order valence-electron chi connectivity index (χ0n) is 17.1. The number of aromatic amines is 1. The van der Waals surface area contributed by atoms with Crippen molar-refractivity contribution < 1.29 is 18.7 Å². The van der Waals surface area contributed by atoms with E-state index in [1.807, 2.05) is 6.07 Å². The molecule has 2 aliphatic heterocycles. The average Bonchev–Trinajstić information content (AvgIpc) is 3.40. The van der Waals surface area contributed by atoms with Crippen LogP contribution in [-0.4, -0.2) is 64.6 Å². The summed E-state index contributed by atoms with van der Waals surface area (Å²) in [5.74, 6) is 1.18. The van der Waals surface area contributed by atoms with Gasteiger partial charge in [-0.15, -0.1) is 0 Å². The largest absolute Gasteiger partial charge is 0.371 e. The molecule has 166 valence electrons. The first-order valence-electron chi connectivity index (χ1n) is 10.3. The molecule has 11 heteroatoms. The van der Waals surface area contributed by atoms with Gasteiger partial charge in [0.05, 0.1) is 19.6 Å². The minimum Gasteiger partial charge on any atom is -0.371 e. The van der Waals surface area contributed by atoms with Crippen LogP contribution < -0.4 is 15.5 Å². The number of carbonyl (C=O) groups is 1. The van der Waals surface area contributed by atoms with Crippen LogP contribution in [0.3, 0.4) is 0 Å². The Morgan fingerprint density at radius 2 is 1.94 bits per heavy atom. The molecule has 1 amide bonds. The van der Waals surface area contributed by atoms with Gasteiger partial charge in [-0.25, -0.2) is 14.4 Å². The van der Waals surface area contributed by atoms with Gasteiger partial charge in [0.15, 0.2) is 5.82 Å². The van der Waals surface area contributed by atoms with Crippen LogP contribution in [0.15, 0.2) is 42.7 Å². The Bertz CT molecular complexity index is 1090. The Balaban J connectivity index is 1.19. The van der Waals surface area contributed by atoms with Crippen molar-refractivity contribution in [2.45, 2.75) is 18.6 Å². The normalized spacial score (nSPS) is 20.1. The molecule has 32 heavy (non-hydrogen) atoms. The zero-order chi connectivity index (χ0) is 21.9. The number of halogens is 1. The highest BCUT2D eigenvalue weighted by molar-refractivity contribution is 5.92. The Hall–Kier alpha value is -3.57. The zero-order valence-corrected chi connectivity index (χ0v) is 17.1. The second-order valence-electron chi connectivity index (χ2n) is 7.62. The molecule has 2 saturated heterocycles. The van der Waals surface area contributed by atoms with Crippen molar-refractivity contribution in [3.63, 3.8) is 0 Å². The number of benzene rings is 1. The quantitative estimate of drug-likeness (QED) is 0.533. The summed E-state index contributed by atoms with van der Waals surface area (Å²) in [5.41, 5.74) is 1.01. The molecule has 10 nitrogen and oxygen atoms in total. The Morgan fingerprint density at radius 1 is 1.12 bits per heavy atom. The molecular formula is C21H22FN7O3. The maximum Gasteiger partial charge on any atom is 0.230 e. The van der Waals surface area contributed by atoms with Crippen molar-refractivity contribution >= 4 is 29.0 Å². The standard InChI is InChI=1S/C21H22FN7O3/c22-13-2-1-3-14(6-13)25-21(30)8-15-7-19(28-27-15)26-18-9-20(24-12-23-18)29-10-16-17(11-29)32-5-4-31-16/h1-3,6-7,9,12,16-17H,4-5,8,10-11H2,(H,25,30)(H2,23,24,26,27,28). The molecule has 0 spiro atoms. The van der Waals surface area contributed by atoms with Crippen LogP contribution in [0, 0.1) is 5.82 Å². The van der Waals surface area contributed by atoms with Gasteiger partial charge in [0.2, 0.25) is 5.91 Å². The summed E-state index contributed by atoms with van der Waals surface area (Å²) in [6.45, 7) is 2.67. The monoisotopic (exact) mass is 439 g/mol. The first-order chi connectivity index (χ1) is 15.6. The third-order valence-electron chi connectivity index (χ3n) is 5.29. The van der Waals surface area contributed by atoms with E-state index in [4.69, 9.17) is 9.47 Å². The lowest BCUT2D eigenvalue weighted by atomic mass is 10.2. The third-order valence-corrected chi connectivity index (χ3v) is 5.29. The van der Waals surface area contributed by atoms with E-state index < -0.39 is 5.82 Å². The molecule has 0 radical (unpaired) electrons. The minimum absolute atomic E-state index is 0.0579. The third kappa shape index (κ3) is 4.68. The van der Waals surface area contributed by atoms with Crippen molar-refractivity contribution in [3.05, 3.63) is 54.2 Å². The number of amides is 1. The number of aromatic nitrogens is 4. The van der Waals surface area contributed by atoms with Crippen LogP contribution in [-0.2, 0) is 20.7 Å². The second kappa shape index (κ2) is 8.89. The molecule has 3 N–H and O–H groups in total. The van der Waals surface area contributed by atoms with Crippen LogP contribution in [0.2, 0.25) is 0 Å². The second-order valence-corrected chi connectivity index (χ2v) is 7.62. The number of nitrogens with one attached hydrogen (secondary N) is 3. The number of hydrogen-bond donors (Lipinski definition) is 3. The number of rotatable bonds is 6. The maximum atomic E-state index is 13.3. The number of anilines is 4.